The summed E-state index contributed by atoms with van der Waals surface area (Å²) >= 11 is 4.41. The predicted molar refractivity (Wildman–Crippen MR) is 125 cm³/mol. The highest BCUT2D eigenvalue weighted by Gasteiger charge is 2.13. The molecule has 5 nitrogen and oxygen atoms in total. The molecule has 0 atom stereocenters. The van der Waals surface area contributed by atoms with E-state index in [9.17, 15) is 4.79 Å². The third-order valence-electron chi connectivity index (χ3n) is 4.14. The molecule has 8 heteroatoms. The average Bonchev–Trinajstić information content (AvgIpc) is 3.23. The van der Waals surface area contributed by atoms with Gasteiger partial charge >= 0.3 is 0 Å². The van der Waals surface area contributed by atoms with Gasteiger partial charge < -0.3 is 5.32 Å². The molecular formula is C22H16N4OS3. The van der Waals surface area contributed by atoms with Crippen LogP contribution < -0.4 is 5.32 Å². The van der Waals surface area contributed by atoms with E-state index in [4.69, 9.17) is 5.26 Å². The largest absolute Gasteiger partial charge is 0.324 e. The maximum atomic E-state index is 12.5. The molecule has 0 fully saturated rings. The van der Waals surface area contributed by atoms with Crippen molar-refractivity contribution in [2.45, 2.75) is 9.92 Å². The number of anilines is 1. The van der Waals surface area contributed by atoms with Crippen LogP contribution >= 0.6 is 34.9 Å². The molecule has 2 aromatic heterocycles. The van der Waals surface area contributed by atoms with Crippen LogP contribution in [0.1, 0.15) is 0 Å². The lowest BCUT2D eigenvalue weighted by Crippen LogP contribution is -2.14. The molecule has 4 aromatic rings. The molecule has 0 aliphatic heterocycles. The molecular weight excluding hydrogens is 432 g/mol. The molecule has 0 aliphatic carbocycles. The van der Waals surface area contributed by atoms with E-state index in [1.807, 2.05) is 42.5 Å². The van der Waals surface area contributed by atoms with Gasteiger partial charge in [0.15, 0.2) is 0 Å². The molecule has 1 N–H and O–H groups in total. The van der Waals surface area contributed by atoms with Gasteiger partial charge in [0.1, 0.15) is 16.2 Å². The molecule has 0 bridgehead atoms. The van der Waals surface area contributed by atoms with Crippen molar-refractivity contribution >= 4 is 56.7 Å². The SMILES string of the molecule is N#CCSc1ccccc1NC(=O)CSc1ncnc2sc(-c3ccccc3)cc12. The number of thiophene rings is 1. The Hall–Kier alpha value is -2.86. The monoisotopic (exact) mass is 448 g/mol. The minimum absolute atomic E-state index is 0.115. The van der Waals surface area contributed by atoms with Crippen LogP contribution in [-0.2, 0) is 4.79 Å². The fourth-order valence-electron chi connectivity index (χ4n) is 2.82. The highest BCUT2D eigenvalue weighted by atomic mass is 32.2. The highest BCUT2D eigenvalue weighted by molar-refractivity contribution is 8.00. The molecule has 0 saturated carbocycles. The number of amides is 1. The summed E-state index contributed by atoms with van der Waals surface area (Å²) in [6.45, 7) is 0. The summed E-state index contributed by atoms with van der Waals surface area (Å²) < 4.78 is 0. The van der Waals surface area contributed by atoms with Crippen LogP contribution in [0.25, 0.3) is 20.7 Å². The van der Waals surface area contributed by atoms with Crippen molar-refractivity contribution < 1.29 is 4.79 Å². The van der Waals surface area contributed by atoms with Gasteiger partial charge in [-0.2, -0.15) is 5.26 Å². The van der Waals surface area contributed by atoms with Crippen LogP contribution in [0.15, 0.2) is 76.9 Å². The summed E-state index contributed by atoms with van der Waals surface area (Å²) in [5.74, 6) is 0.456. The fraction of sp³-hybridized carbons (Fsp3) is 0.0909. The number of carbonyl (C=O) groups is 1. The van der Waals surface area contributed by atoms with Gasteiger partial charge in [0, 0.05) is 15.2 Å². The smallest absolute Gasteiger partial charge is 0.234 e. The van der Waals surface area contributed by atoms with Crippen molar-refractivity contribution in [3.05, 3.63) is 67.0 Å². The van der Waals surface area contributed by atoms with Crippen molar-refractivity contribution in [2.24, 2.45) is 0 Å². The molecule has 0 spiro atoms. The molecule has 4 rings (SSSR count). The summed E-state index contributed by atoms with van der Waals surface area (Å²) in [6, 6.07) is 21.8. The van der Waals surface area contributed by atoms with Crippen molar-refractivity contribution in [1.82, 2.24) is 9.97 Å². The quantitative estimate of drug-likeness (QED) is 0.288. The molecule has 0 radical (unpaired) electrons. The van der Waals surface area contributed by atoms with Gasteiger partial charge in [-0.3, -0.25) is 4.79 Å². The van der Waals surface area contributed by atoms with Crippen LogP contribution in [-0.4, -0.2) is 27.4 Å². The number of thioether (sulfide) groups is 2. The zero-order valence-corrected chi connectivity index (χ0v) is 18.2. The predicted octanol–water partition coefficient (Wildman–Crippen LogP) is 5.70. The second-order valence-corrected chi connectivity index (χ2v) is 9.17. The number of aromatic nitrogens is 2. The van der Waals surface area contributed by atoms with E-state index in [0.29, 0.717) is 5.75 Å². The lowest BCUT2D eigenvalue weighted by atomic mass is 10.2. The van der Waals surface area contributed by atoms with Gasteiger partial charge in [0.25, 0.3) is 0 Å². The van der Waals surface area contributed by atoms with E-state index in [0.717, 1.165) is 36.3 Å². The van der Waals surface area contributed by atoms with Gasteiger partial charge in [-0.05, 0) is 23.8 Å². The van der Waals surface area contributed by atoms with Gasteiger partial charge in [0.2, 0.25) is 5.91 Å². The second kappa shape index (κ2) is 9.76. The zero-order valence-electron chi connectivity index (χ0n) is 15.7. The first kappa shape index (κ1) is 20.4. The minimum Gasteiger partial charge on any atom is -0.324 e. The maximum absolute atomic E-state index is 12.5. The Morgan fingerprint density at radius 2 is 1.87 bits per heavy atom. The van der Waals surface area contributed by atoms with Gasteiger partial charge in [-0.25, -0.2) is 9.97 Å². The first-order valence-corrected chi connectivity index (χ1v) is 11.8. The van der Waals surface area contributed by atoms with Gasteiger partial charge in [-0.15, -0.1) is 23.1 Å². The summed E-state index contributed by atoms with van der Waals surface area (Å²) in [5, 5.41) is 13.5. The van der Waals surface area contributed by atoms with Gasteiger partial charge in [-0.1, -0.05) is 54.2 Å². The zero-order chi connectivity index (χ0) is 20.8. The normalized spacial score (nSPS) is 10.6. The Labute approximate surface area is 186 Å². The lowest BCUT2D eigenvalue weighted by molar-refractivity contribution is -0.113. The second-order valence-electron chi connectivity index (χ2n) is 6.15. The van der Waals surface area contributed by atoms with Crippen molar-refractivity contribution in [3.8, 4) is 16.5 Å². The number of nitrogens with one attached hydrogen (secondary N) is 1. The van der Waals surface area contributed by atoms with E-state index in [1.165, 1.54) is 23.5 Å². The highest BCUT2D eigenvalue weighted by Crippen LogP contribution is 2.36. The molecule has 0 saturated heterocycles. The number of carbonyl (C=O) groups excluding carboxylic acids is 1. The summed E-state index contributed by atoms with van der Waals surface area (Å²) in [5.41, 5.74) is 1.86. The Bertz CT molecular complexity index is 1220. The first-order chi connectivity index (χ1) is 14.7. The van der Waals surface area contributed by atoms with Crippen molar-refractivity contribution in [1.29, 1.82) is 5.26 Å². The Morgan fingerprint density at radius 1 is 1.07 bits per heavy atom. The maximum Gasteiger partial charge on any atom is 0.234 e. The van der Waals surface area contributed by atoms with Gasteiger partial charge in [0.05, 0.1) is 23.3 Å². The van der Waals surface area contributed by atoms with Crippen molar-refractivity contribution in [2.75, 3.05) is 16.8 Å². The van der Waals surface area contributed by atoms with E-state index < -0.39 is 0 Å². The van der Waals surface area contributed by atoms with E-state index in [1.54, 1.807) is 17.7 Å². The molecule has 2 aromatic carbocycles. The summed E-state index contributed by atoms with van der Waals surface area (Å²) in [4.78, 5) is 24.2. The molecule has 0 aliphatic rings. The number of hydrogen-bond donors (Lipinski definition) is 1. The van der Waals surface area contributed by atoms with E-state index in [2.05, 4.69) is 39.6 Å². The van der Waals surface area contributed by atoms with Crippen LogP contribution in [0.3, 0.4) is 0 Å². The van der Waals surface area contributed by atoms with Crippen LogP contribution in [0, 0.1) is 11.3 Å². The third-order valence-corrected chi connectivity index (χ3v) is 7.18. The molecule has 2 heterocycles. The molecule has 30 heavy (non-hydrogen) atoms. The van der Waals surface area contributed by atoms with Crippen LogP contribution in [0.5, 0.6) is 0 Å². The number of nitrogens with zero attached hydrogens (tertiary/aromatic N) is 3. The summed E-state index contributed by atoms with van der Waals surface area (Å²) in [6.07, 6.45) is 1.54. The van der Waals surface area contributed by atoms with Crippen LogP contribution in [0.2, 0.25) is 0 Å². The average molecular weight is 449 g/mol. The third kappa shape index (κ3) is 4.82. The first-order valence-electron chi connectivity index (χ1n) is 9.06. The Kier molecular flexibility index (Phi) is 6.64. The Balaban J connectivity index is 1.47. The number of fused-ring (bicyclic) bond motifs is 1. The number of benzene rings is 2. The lowest BCUT2D eigenvalue weighted by Gasteiger charge is -2.09. The standard InChI is InChI=1S/C22H16N4OS3/c23-10-11-28-18-9-5-4-8-17(18)26-20(27)13-29-21-16-12-19(15-6-2-1-3-7-15)30-22(16)25-14-24-21/h1-9,12,14H,11,13H2,(H,26,27). The minimum atomic E-state index is -0.115. The number of nitriles is 1. The molecule has 148 valence electrons. The fourth-order valence-corrected chi connectivity index (χ4v) is 5.33. The van der Waals surface area contributed by atoms with Crippen molar-refractivity contribution in [3.63, 3.8) is 0 Å². The number of rotatable bonds is 7. The molecule has 0 unspecified atom stereocenters. The van der Waals surface area contributed by atoms with E-state index >= 15 is 0 Å². The number of para-hydroxylation sites is 1. The van der Waals surface area contributed by atoms with E-state index in [-0.39, 0.29) is 11.7 Å². The summed E-state index contributed by atoms with van der Waals surface area (Å²) in [7, 11) is 0. The van der Waals surface area contributed by atoms with Crippen LogP contribution in [0.4, 0.5) is 5.69 Å². The Morgan fingerprint density at radius 3 is 2.70 bits per heavy atom. The topological polar surface area (TPSA) is 78.7 Å². The molecule has 1 amide bonds. The number of hydrogen-bond acceptors (Lipinski definition) is 7.